The lowest BCUT2D eigenvalue weighted by Crippen LogP contribution is -2.19. The first-order valence-electron chi connectivity index (χ1n) is 5.99. The maximum Gasteiger partial charge on any atom is 0.0907 e. The Morgan fingerprint density at radius 2 is 2.18 bits per heavy atom. The first-order valence-corrected chi connectivity index (χ1v) is 6.81. The second kappa shape index (κ2) is 4.92. The van der Waals surface area contributed by atoms with Gasteiger partial charge >= 0.3 is 0 Å². The van der Waals surface area contributed by atoms with E-state index < -0.39 is 0 Å². The summed E-state index contributed by atoms with van der Waals surface area (Å²) >= 11 is 1.69. The van der Waals surface area contributed by atoms with Crippen molar-refractivity contribution in [3.63, 3.8) is 0 Å². The van der Waals surface area contributed by atoms with E-state index >= 15 is 0 Å². The van der Waals surface area contributed by atoms with Gasteiger partial charge in [0.25, 0.3) is 0 Å². The zero-order chi connectivity index (χ0) is 12.4. The summed E-state index contributed by atoms with van der Waals surface area (Å²) in [5.74, 6) is 0. The normalized spacial score (nSPS) is 11.0. The summed E-state index contributed by atoms with van der Waals surface area (Å²) in [4.78, 5) is 6.73. The van der Waals surface area contributed by atoms with Crippen LogP contribution in [0.3, 0.4) is 0 Å². The molecule has 0 atom stereocenters. The summed E-state index contributed by atoms with van der Waals surface area (Å²) < 4.78 is 1.17. The van der Waals surface area contributed by atoms with E-state index in [9.17, 15) is 0 Å². The van der Waals surface area contributed by atoms with Gasteiger partial charge in [0.1, 0.15) is 0 Å². The van der Waals surface area contributed by atoms with Crippen LogP contribution in [0.15, 0.2) is 12.1 Å². The van der Waals surface area contributed by atoms with Crippen LogP contribution in [0, 0.1) is 6.92 Å². The lowest BCUT2D eigenvalue weighted by molar-refractivity contribution is 0.767. The molecule has 0 saturated heterocycles. The number of fused-ring (bicyclic) bond motifs is 1. The molecule has 1 aromatic carbocycles. The number of hydrogen-bond acceptors (Lipinski definition) is 4. The van der Waals surface area contributed by atoms with Gasteiger partial charge in [0.2, 0.25) is 0 Å². The molecule has 1 heterocycles. The molecule has 0 saturated carbocycles. The SMILES string of the molecule is CCCCN(C)c1cc2nc(C)sc2cc1N. The summed E-state index contributed by atoms with van der Waals surface area (Å²) in [5.41, 5.74) is 9.10. The Kier molecular flexibility index (Phi) is 3.52. The van der Waals surface area contributed by atoms with Gasteiger partial charge in [-0.3, -0.25) is 0 Å². The molecule has 0 spiro atoms. The Bertz CT molecular complexity index is 519. The fraction of sp³-hybridized carbons (Fsp3) is 0.462. The van der Waals surface area contributed by atoms with Gasteiger partial charge in [-0.25, -0.2) is 4.98 Å². The monoisotopic (exact) mass is 249 g/mol. The predicted octanol–water partition coefficient (Wildman–Crippen LogP) is 3.42. The van der Waals surface area contributed by atoms with Crippen LogP contribution in [0.4, 0.5) is 11.4 Å². The molecule has 0 bridgehead atoms. The van der Waals surface area contributed by atoms with Crippen molar-refractivity contribution in [2.75, 3.05) is 24.2 Å². The van der Waals surface area contributed by atoms with Crippen molar-refractivity contribution >= 4 is 32.9 Å². The Balaban J connectivity index is 2.36. The van der Waals surface area contributed by atoms with Crippen LogP contribution in [0.5, 0.6) is 0 Å². The fourth-order valence-electron chi connectivity index (χ4n) is 1.94. The number of nitrogens with two attached hydrogens (primary N) is 1. The van der Waals surface area contributed by atoms with Crippen molar-refractivity contribution in [2.45, 2.75) is 26.7 Å². The van der Waals surface area contributed by atoms with E-state index in [1.807, 2.05) is 13.0 Å². The standard InChI is InChI=1S/C13H19N3S/c1-4-5-6-16(3)12-8-11-13(7-10(12)14)17-9(2)15-11/h7-8H,4-6,14H2,1-3H3. The Morgan fingerprint density at radius 1 is 1.41 bits per heavy atom. The van der Waals surface area contributed by atoms with Gasteiger partial charge in [0, 0.05) is 13.6 Å². The molecule has 0 aliphatic heterocycles. The number of thiazole rings is 1. The molecule has 4 heteroatoms. The van der Waals surface area contributed by atoms with Crippen LogP contribution in [0.1, 0.15) is 24.8 Å². The van der Waals surface area contributed by atoms with Crippen LogP contribution in [0.2, 0.25) is 0 Å². The van der Waals surface area contributed by atoms with Gasteiger partial charge in [-0.1, -0.05) is 13.3 Å². The van der Waals surface area contributed by atoms with E-state index in [2.05, 4.69) is 29.9 Å². The number of nitrogen functional groups attached to an aromatic ring is 1. The molecule has 0 fully saturated rings. The van der Waals surface area contributed by atoms with Gasteiger partial charge in [-0.15, -0.1) is 11.3 Å². The lowest BCUT2D eigenvalue weighted by atomic mass is 10.2. The molecule has 0 amide bonds. The average Bonchev–Trinajstić information content (AvgIpc) is 2.64. The minimum atomic E-state index is 0.847. The van der Waals surface area contributed by atoms with Gasteiger partial charge in [-0.05, 0) is 25.5 Å². The molecule has 0 aliphatic rings. The van der Waals surface area contributed by atoms with Crippen LogP contribution in [-0.2, 0) is 0 Å². The topological polar surface area (TPSA) is 42.2 Å². The average molecular weight is 249 g/mol. The van der Waals surface area contributed by atoms with E-state index in [-0.39, 0.29) is 0 Å². The Hall–Kier alpha value is -1.29. The third-order valence-corrected chi connectivity index (χ3v) is 3.84. The zero-order valence-corrected chi connectivity index (χ0v) is 11.5. The van der Waals surface area contributed by atoms with E-state index in [4.69, 9.17) is 5.73 Å². The van der Waals surface area contributed by atoms with Gasteiger partial charge in [0.05, 0.1) is 26.6 Å². The van der Waals surface area contributed by atoms with E-state index in [0.717, 1.165) is 28.4 Å². The molecule has 2 N–H and O–H groups in total. The largest absolute Gasteiger partial charge is 0.397 e. The van der Waals surface area contributed by atoms with E-state index in [0.29, 0.717) is 0 Å². The highest BCUT2D eigenvalue weighted by Gasteiger charge is 2.09. The Morgan fingerprint density at radius 3 is 2.88 bits per heavy atom. The third-order valence-electron chi connectivity index (χ3n) is 2.90. The predicted molar refractivity (Wildman–Crippen MR) is 76.9 cm³/mol. The molecule has 17 heavy (non-hydrogen) atoms. The van der Waals surface area contributed by atoms with Crippen molar-refractivity contribution in [1.29, 1.82) is 0 Å². The van der Waals surface area contributed by atoms with E-state index in [1.165, 1.54) is 17.5 Å². The van der Waals surface area contributed by atoms with Crippen LogP contribution in [-0.4, -0.2) is 18.6 Å². The molecule has 2 rings (SSSR count). The van der Waals surface area contributed by atoms with Crippen molar-refractivity contribution in [2.24, 2.45) is 0 Å². The highest BCUT2D eigenvalue weighted by Crippen LogP contribution is 2.31. The number of anilines is 2. The fourth-order valence-corrected chi connectivity index (χ4v) is 2.80. The number of rotatable bonds is 4. The summed E-state index contributed by atoms with van der Waals surface area (Å²) in [6, 6.07) is 4.14. The molecular weight excluding hydrogens is 230 g/mol. The van der Waals surface area contributed by atoms with Crippen LogP contribution in [0.25, 0.3) is 10.2 Å². The molecule has 0 unspecified atom stereocenters. The highest BCUT2D eigenvalue weighted by atomic mass is 32.1. The number of unbranched alkanes of at least 4 members (excludes halogenated alkanes) is 1. The number of benzene rings is 1. The van der Waals surface area contributed by atoms with Gasteiger partial charge in [0.15, 0.2) is 0 Å². The van der Waals surface area contributed by atoms with Crippen molar-refractivity contribution in [1.82, 2.24) is 4.98 Å². The molecule has 0 aliphatic carbocycles. The lowest BCUT2D eigenvalue weighted by Gasteiger charge is -2.20. The first kappa shape index (κ1) is 12.2. The second-order valence-corrected chi connectivity index (χ2v) is 5.62. The van der Waals surface area contributed by atoms with E-state index in [1.54, 1.807) is 11.3 Å². The minimum absolute atomic E-state index is 0.847. The Labute approximate surface area is 106 Å². The van der Waals surface area contributed by atoms with Crippen molar-refractivity contribution < 1.29 is 0 Å². The number of aryl methyl sites for hydroxylation is 1. The van der Waals surface area contributed by atoms with Crippen LogP contribution < -0.4 is 10.6 Å². The smallest absolute Gasteiger partial charge is 0.0907 e. The van der Waals surface area contributed by atoms with Crippen molar-refractivity contribution in [3.05, 3.63) is 17.1 Å². The number of nitrogens with zero attached hydrogens (tertiary/aromatic N) is 2. The molecule has 3 nitrogen and oxygen atoms in total. The molecular formula is C13H19N3S. The second-order valence-electron chi connectivity index (χ2n) is 4.39. The van der Waals surface area contributed by atoms with Crippen molar-refractivity contribution in [3.8, 4) is 0 Å². The van der Waals surface area contributed by atoms with Gasteiger partial charge < -0.3 is 10.6 Å². The third kappa shape index (κ3) is 2.52. The molecule has 1 aromatic heterocycles. The van der Waals surface area contributed by atoms with Crippen LogP contribution >= 0.6 is 11.3 Å². The molecule has 2 aromatic rings. The minimum Gasteiger partial charge on any atom is -0.397 e. The van der Waals surface area contributed by atoms with Gasteiger partial charge in [-0.2, -0.15) is 0 Å². The summed E-state index contributed by atoms with van der Waals surface area (Å²) in [7, 11) is 2.09. The summed E-state index contributed by atoms with van der Waals surface area (Å²) in [5, 5.41) is 1.09. The number of aromatic nitrogens is 1. The quantitative estimate of drug-likeness (QED) is 0.844. The molecule has 92 valence electrons. The molecule has 0 radical (unpaired) electrons. The highest BCUT2D eigenvalue weighted by molar-refractivity contribution is 7.18. The first-order chi connectivity index (χ1) is 8.11. The summed E-state index contributed by atoms with van der Waals surface area (Å²) in [6.45, 7) is 5.26. The maximum absolute atomic E-state index is 6.11. The number of hydrogen-bond donors (Lipinski definition) is 1. The maximum atomic E-state index is 6.11. The summed E-state index contributed by atoms with van der Waals surface area (Å²) in [6.07, 6.45) is 2.38. The zero-order valence-electron chi connectivity index (χ0n) is 10.7.